The highest BCUT2D eigenvalue weighted by atomic mass is 16.2. The van der Waals surface area contributed by atoms with E-state index in [9.17, 15) is 4.79 Å². The van der Waals surface area contributed by atoms with E-state index in [1.807, 2.05) is 0 Å². The predicted octanol–water partition coefficient (Wildman–Crippen LogP) is 4.29. The van der Waals surface area contributed by atoms with Gasteiger partial charge in [-0.3, -0.25) is 4.79 Å². The molecule has 0 saturated heterocycles. The lowest BCUT2D eigenvalue weighted by atomic mass is 9.81. The maximum Gasteiger partial charge on any atom is 0.230 e. The molecule has 2 heteroatoms. The van der Waals surface area contributed by atoms with Crippen molar-refractivity contribution in [1.82, 2.24) is 4.90 Å². The second-order valence-corrected chi connectivity index (χ2v) is 6.92. The highest BCUT2D eigenvalue weighted by Gasteiger charge is 2.35. The van der Waals surface area contributed by atoms with E-state index in [0.717, 1.165) is 19.3 Å². The van der Waals surface area contributed by atoms with Crippen molar-refractivity contribution in [3.05, 3.63) is 35.4 Å². The fraction of sp³-hybridized carbons (Fsp3) is 0.632. The van der Waals surface area contributed by atoms with Crippen molar-refractivity contribution >= 4 is 5.91 Å². The number of benzene rings is 1. The molecule has 0 aliphatic heterocycles. The molecule has 0 radical (unpaired) electrons. The van der Waals surface area contributed by atoms with Gasteiger partial charge in [-0.15, -0.1) is 0 Å². The molecule has 0 bridgehead atoms. The molecule has 0 N–H and O–H groups in total. The zero-order valence-electron chi connectivity index (χ0n) is 13.3. The van der Waals surface area contributed by atoms with Crippen LogP contribution in [0.25, 0.3) is 0 Å². The molecule has 1 fully saturated rings. The third kappa shape index (κ3) is 2.86. The number of hydrogen-bond acceptors (Lipinski definition) is 1. The summed E-state index contributed by atoms with van der Waals surface area (Å²) < 4.78 is 0. The summed E-state index contributed by atoms with van der Waals surface area (Å²) >= 11 is 0. The van der Waals surface area contributed by atoms with Crippen molar-refractivity contribution < 1.29 is 4.79 Å². The molecule has 0 spiro atoms. The number of amides is 1. The first-order valence-electron chi connectivity index (χ1n) is 8.58. The first-order valence-corrected chi connectivity index (χ1v) is 8.58. The Morgan fingerprint density at radius 2 is 1.81 bits per heavy atom. The Labute approximate surface area is 128 Å². The van der Waals surface area contributed by atoms with Crippen LogP contribution >= 0.6 is 0 Å². The van der Waals surface area contributed by atoms with Gasteiger partial charge in [0, 0.05) is 12.1 Å². The van der Waals surface area contributed by atoms with Crippen LogP contribution in [0.4, 0.5) is 0 Å². The van der Waals surface area contributed by atoms with Crippen LogP contribution in [0, 0.1) is 0 Å². The molecule has 2 aliphatic carbocycles. The van der Waals surface area contributed by atoms with Gasteiger partial charge in [0.25, 0.3) is 0 Å². The largest absolute Gasteiger partial charge is 0.337 e. The molecule has 1 aromatic carbocycles. The van der Waals surface area contributed by atoms with Gasteiger partial charge >= 0.3 is 0 Å². The Morgan fingerprint density at radius 1 is 1.10 bits per heavy atom. The van der Waals surface area contributed by atoms with Gasteiger partial charge in [0.1, 0.15) is 0 Å². The van der Waals surface area contributed by atoms with Crippen LogP contribution in [0.2, 0.25) is 0 Å². The van der Waals surface area contributed by atoms with Crippen molar-refractivity contribution in [3.63, 3.8) is 0 Å². The topological polar surface area (TPSA) is 20.3 Å². The summed E-state index contributed by atoms with van der Waals surface area (Å²) in [5.74, 6) is 0.474. The smallest absolute Gasteiger partial charge is 0.230 e. The molecule has 114 valence electrons. The van der Waals surface area contributed by atoms with Gasteiger partial charge in [0.15, 0.2) is 0 Å². The van der Waals surface area contributed by atoms with Crippen molar-refractivity contribution in [2.45, 2.75) is 76.8 Å². The Balaban J connectivity index is 1.86. The minimum Gasteiger partial charge on any atom is -0.337 e. The van der Waals surface area contributed by atoms with E-state index in [4.69, 9.17) is 0 Å². The molecular formula is C19H27NO. The lowest BCUT2D eigenvalue weighted by molar-refractivity contribution is -0.137. The normalized spacial score (nSPS) is 22.3. The second-order valence-electron chi connectivity index (χ2n) is 6.92. The van der Waals surface area contributed by atoms with Gasteiger partial charge in [-0.1, -0.05) is 37.1 Å². The van der Waals surface area contributed by atoms with E-state index in [0.29, 0.717) is 18.0 Å². The molecule has 2 aliphatic rings. The standard InChI is InChI=1S/C19H27NO/c1-14(2)20(16-10-4-5-11-16)19(21)18-13-7-9-15-8-3-6-12-17(15)18/h3,6,8,12,14,16,18H,4-5,7,9-11,13H2,1-2H3. The van der Waals surface area contributed by atoms with Gasteiger partial charge in [0.05, 0.1) is 5.92 Å². The van der Waals surface area contributed by atoms with E-state index < -0.39 is 0 Å². The number of nitrogens with zero attached hydrogens (tertiary/aromatic N) is 1. The highest BCUT2D eigenvalue weighted by molar-refractivity contribution is 5.85. The number of carbonyl (C=O) groups is 1. The zero-order chi connectivity index (χ0) is 14.8. The van der Waals surface area contributed by atoms with E-state index in [2.05, 4.69) is 43.0 Å². The summed E-state index contributed by atoms with van der Waals surface area (Å²) in [5.41, 5.74) is 2.68. The lowest BCUT2D eigenvalue weighted by Gasteiger charge is -2.37. The van der Waals surface area contributed by atoms with E-state index in [1.54, 1.807) is 0 Å². The molecule has 1 aromatic rings. The monoisotopic (exact) mass is 285 g/mol. The Hall–Kier alpha value is -1.31. The number of hydrogen-bond donors (Lipinski definition) is 0. The average Bonchev–Trinajstić information content (AvgIpc) is 3.00. The fourth-order valence-electron chi connectivity index (χ4n) is 4.23. The minimum absolute atomic E-state index is 0.0953. The molecule has 21 heavy (non-hydrogen) atoms. The van der Waals surface area contributed by atoms with Crippen LogP contribution < -0.4 is 0 Å². The zero-order valence-corrected chi connectivity index (χ0v) is 13.3. The number of carbonyl (C=O) groups excluding carboxylic acids is 1. The molecule has 1 amide bonds. The van der Waals surface area contributed by atoms with Crippen LogP contribution in [0.1, 0.15) is 69.4 Å². The van der Waals surface area contributed by atoms with Crippen LogP contribution in [-0.4, -0.2) is 22.9 Å². The summed E-state index contributed by atoms with van der Waals surface area (Å²) in [6.45, 7) is 4.34. The number of aryl methyl sites for hydroxylation is 1. The quantitative estimate of drug-likeness (QED) is 0.811. The van der Waals surface area contributed by atoms with Gasteiger partial charge in [-0.25, -0.2) is 0 Å². The molecule has 0 heterocycles. The van der Waals surface area contributed by atoms with Gasteiger partial charge in [0.2, 0.25) is 5.91 Å². The molecule has 3 rings (SSSR count). The number of fused-ring (bicyclic) bond motifs is 1. The van der Waals surface area contributed by atoms with Crippen molar-refractivity contribution in [2.75, 3.05) is 0 Å². The van der Waals surface area contributed by atoms with Crippen molar-refractivity contribution in [1.29, 1.82) is 0 Å². The predicted molar refractivity (Wildman–Crippen MR) is 86.4 cm³/mol. The third-order valence-corrected chi connectivity index (χ3v) is 5.20. The fourth-order valence-corrected chi connectivity index (χ4v) is 4.23. The summed E-state index contributed by atoms with van der Waals surface area (Å²) in [7, 11) is 0. The summed E-state index contributed by atoms with van der Waals surface area (Å²) in [4.78, 5) is 15.4. The average molecular weight is 285 g/mol. The SMILES string of the molecule is CC(C)N(C(=O)C1CCCc2ccccc21)C1CCCC1. The molecule has 1 saturated carbocycles. The summed E-state index contributed by atoms with van der Waals surface area (Å²) in [5, 5.41) is 0. The number of rotatable bonds is 3. The Bertz CT molecular complexity index is 502. The van der Waals surface area contributed by atoms with Gasteiger partial charge in [-0.05, 0) is 57.1 Å². The van der Waals surface area contributed by atoms with E-state index in [1.165, 1.54) is 36.8 Å². The Morgan fingerprint density at radius 3 is 2.52 bits per heavy atom. The lowest BCUT2D eigenvalue weighted by Crippen LogP contribution is -2.46. The van der Waals surface area contributed by atoms with E-state index in [-0.39, 0.29) is 5.92 Å². The maximum absolute atomic E-state index is 13.2. The van der Waals surface area contributed by atoms with Crippen LogP contribution in [0.15, 0.2) is 24.3 Å². The second kappa shape index (κ2) is 6.21. The summed E-state index contributed by atoms with van der Waals surface area (Å²) in [6, 6.07) is 9.35. The molecular weight excluding hydrogens is 258 g/mol. The van der Waals surface area contributed by atoms with Crippen molar-refractivity contribution in [3.8, 4) is 0 Å². The third-order valence-electron chi connectivity index (χ3n) is 5.20. The Kier molecular flexibility index (Phi) is 4.32. The summed E-state index contributed by atoms with van der Waals surface area (Å²) in [6.07, 6.45) is 8.24. The van der Waals surface area contributed by atoms with E-state index >= 15 is 0 Å². The highest BCUT2D eigenvalue weighted by Crippen LogP contribution is 2.35. The van der Waals surface area contributed by atoms with Crippen molar-refractivity contribution in [2.24, 2.45) is 0 Å². The molecule has 0 aromatic heterocycles. The van der Waals surface area contributed by atoms with Gasteiger partial charge < -0.3 is 4.90 Å². The first-order chi connectivity index (χ1) is 10.2. The van der Waals surface area contributed by atoms with Crippen LogP contribution in [0.5, 0.6) is 0 Å². The van der Waals surface area contributed by atoms with Crippen LogP contribution in [0.3, 0.4) is 0 Å². The first kappa shape index (κ1) is 14.6. The van der Waals surface area contributed by atoms with Gasteiger partial charge in [-0.2, -0.15) is 0 Å². The maximum atomic E-state index is 13.2. The molecule has 2 nitrogen and oxygen atoms in total. The van der Waals surface area contributed by atoms with Crippen LogP contribution in [-0.2, 0) is 11.2 Å². The molecule has 1 unspecified atom stereocenters. The molecule has 1 atom stereocenters. The minimum atomic E-state index is 0.0953.